The van der Waals surface area contributed by atoms with Crippen LogP contribution in [0.3, 0.4) is 0 Å². The average molecular weight is 244 g/mol. The Hall–Kier alpha value is -1.81. The minimum atomic E-state index is -0.0309. The minimum absolute atomic E-state index is 0.0309. The molecule has 1 aromatic heterocycles. The number of rotatable bonds is 3. The van der Waals surface area contributed by atoms with E-state index in [0.29, 0.717) is 0 Å². The van der Waals surface area contributed by atoms with Crippen LogP contribution in [0.4, 0.5) is 5.69 Å². The Balaban J connectivity index is 2.51. The van der Waals surface area contributed by atoms with Crippen LogP contribution >= 0.6 is 0 Å². The molecular weight excluding hydrogens is 224 g/mol. The molecule has 0 aliphatic rings. The molecular formula is C14H20N4. The van der Waals surface area contributed by atoms with Crippen LogP contribution < -0.4 is 10.6 Å². The van der Waals surface area contributed by atoms with E-state index in [-0.39, 0.29) is 6.04 Å². The summed E-state index contributed by atoms with van der Waals surface area (Å²) in [4.78, 5) is 6.30. The maximum atomic E-state index is 5.95. The van der Waals surface area contributed by atoms with E-state index in [4.69, 9.17) is 5.73 Å². The van der Waals surface area contributed by atoms with E-state index in [1.165, 1.54) is 11.3 Å². The number of hydrogen-bond acceptors (Lipinski definition) is 3. The van der Waals surface area contributed by atoms with Crippen LogP contribution in [0.2, 0.25) is 0 Å². The predicted octanol–water partition coefficient (Wildman–Crippen LogP) is 2.27. The molecule has 4 heteroatoms. The average Bonchev–Trinajstić information content (AvgIpc) is 2.78. The molecule has 96 valence electrons. The lowest BCUT2D eigenvalue weighted by molar-refractivity contribution is 0.752. The van der Waals surface area contributed by atoms with Crippen molar-refractivity contribution in [1.29, 1.82) is 0 Å². The molecule has 2 N–H and O–H groups in total. The summed E-state index contributed by atoms with van der Waals surface area (Å²) in [5, 5.41) is 0. The van der Waals surface area contributed by atoms with Crippen LogP contribution in [-0.2, 0) is 0 Å². The highest BCUT2D eigenvalue weighted by Crippen LogP contribution is 2.23. The first-order valence-electron chi connectivity index (χ1n) is 6.07. The fraction of sp³-hybridized carbons (Fsp3) is 0.357. The molecule has 2 aromatic rings. The number of hydrogen-bond donors (Lipinski definition) is 1. The molecule has 2 rings (SSSR count). The number of aryl methyl sites for hydroxylation is 1. The first kappa shape index (κ1) is 12.6. The van der Waals surface area contributed by atoms with E-state index in [2.05, 4.69) is 35.0 Å². The Morgan fingerprint density at radius 3 is 2.67 bits per heavy atom. The van der Waals surface area contributed by atoms with Crippen LogP contribution in [0, 0.1) is 6.92 Å². The molecule has 18 heavy (non-hydrogen) atoms. The van der Waals surface area contributed by atoms with Crippen molar-refractivity contribution in [1.82, 2.24) is 9.55 Å². The standard InChI is InChI=1S/C14H20N4/c1-10-5-6-12(7-13(10)17(3)4)18-9-16-8-14(18)11(2)15/h5-9,11H,15H2,1-4H3/t11-/m1/s1. The van der Waals surface area contributed by atoms with Crippen molar-refractivity contribution in [3.05, 3.63) is 42.0 Å². The maximum Gasteiger partial charge on any atom is 0.0994 e. The molecule has 0 bridgehead atoms. The molecule has 1 atom stereocenters. The van der Waals surface area contributed by atoms with Crippen LogP contribution in [0.5, 0.6) is 0 Å². The van der Waals surface area contributed by atoms with Gasteiger partial charge >= 0.3 is 0 Å². The third kappa shape index (κ3) is 2.24. The van der Waals surface area contributed by atoms with Gasteiger partial charge in [-0.1, -0.05) is 6.07 Å². The summed E-state index contributed by atoms with van der Waals surface area (Å²) in [5.74, 6) is 0. The molecule has 0 unspecified atom stereocenters. The van der Waals surface area contributed by atoms with Crippen molar-refractivity contribution in [3.8, 4) is 5.69 Å². The van der Waals surface area contributed by atoms with E-state index in [0.717, 1.165) is 11.4 Å². The van der Waals surface area contributed by atoms with E-state index in [9.17, 15) is 0 Å². The maximum absolute atomic E-state index is 5.95. The van der Waals surface area contributed by atoms with Gasteiger partial charge in [0.25, 0.3) is 0 Å². The van der Waals surface area contributed by atoms with E-state index < -0.39 is 0 Å². The third-order valence-electron chi connectivity index (χ3n) is 3.09. The van der Waals surface area contributed by atoms with Gasteiger partial charge in [0, 0.05) is 31.5 Å². The third-order valence-corrected chi connectivity index (χ3v) is 3.09. The molecule has 1 aromatic carbocycles. The Morgan fingerprint density at radius 2 is 2.06 bits per heavy atom. The molecule has 1 heterocycles. The summed E-state index contributed by atoms with van der Waals surface area (Å²) in [5.41, 5.74) is 10.5. The van der Waals surface area contributed by atoms with Crippen molar-refractivity contribution < 1.29 is 0 Å². The molecule has 0 aliphatic carbocycles. The smallest absolute Gasteiger partial charge is 0.0994 e. The molecule has 0 aliphatic heterocycles. The summed E-state index contributed by atoms with van der Waals surface area (Å²) < 4.78 is 2.04. The number of anilines is 1. The Morgan fingerprint density at radius 1 is 1.33 bits per heavy atom. The number of benzene rings is 1. The fourth-order valence-corrected chi connectivity index (χ4v) is 2.09. The first-order chi connectivity index (χ1) is 8.50. The van der Waals surface area contributed by atoms with Crippen LogP contribution in [0.1, 0.15) is 24.2 Å². The van der Waals surface area contributed by atoms with Gasteiger partial charge in [-0.2, -0.15) is 0 Å². The molecule has 0 spiro atoms. The number of nitrogens with zero attached hydrogens (tertiary/aromatic N) is 3. The second-order valence-corrected chi connectivity index (χ2v) is 4.84. The van der Waals surface area contributed by atoms with Crippen LogP contribution in [-0.4, -0.2) is 23.6 Å². The lowest BCUT2D eigenvalue weighted by Crippen LogP contribution is -2.13. The van der Waals surface area contributed by atoms with Crippen molar-refractivity contribution >= 4 is 5.69 Å². The van der Waals surface area contributed by atoms with Gasteiger partial charge in [0.2, 0.25) is 0 Å². The quantitative estimate of drug-likeness (QED) is 0.901. The molecule has 0 saturated heterocycles. The summed E-state index contributed by atoms with van der Waals surface area (Å²) >= 11 is 0. The molecule has 4 nitrogen and oxygen atoms in total. The highest BCUT2D eigenvalue weighted by Gasteiger charge is 2.10. The van der Waals surface area contributed by atoms with Gasteiger partial charge in [-0.25, -0.2) is 4.98 Å². The van der Waals surface area contributed by atoms with Crippen LogP contribution in [0.15, 0.2) is 30.7 Å². The number of nitrogens with two attached hydrogens (primary N) is 1. The number of aromatic nitrogens is 2. The predicted molar refractivity (Wildman–Crippen MR) is 75.2 cm³/mol. The largest absolute Gasteiger partial charge is 0.377 e. The monoisotopic (exact) mass is 244 g/mol. The zero-order valence-electron chi connectivity index (χ0n) is 11.4. The van der Waals surface area contributed by atoms with Gasteiger partial charge in [-0.3, -0.25) is 0 Å². The normalized spacial score (nSPS) is 12.5. The van der Waals surface area contributed by atoms with Gasteiger partial charge in [-0.15, -0.1) is 0 Å². The first-order valence-corrected chi connectivity index (χ1v) is 6.07. The van der Waals surface area contributed by atoms with Gasteiger partial charge in [-0.05, 0) is 31.5 Å². The fourth-order valence-electron chi connectivity index (χ4n) is 2.09. The van der Waals surface area contributed by atoms with E-state index in [1.54, 1.807) is 0 Å². The van der Waals surface area contributed by atoms with E-state index >= 15 is 0 Å². The van der Waals surface area contributed by atoms with E-state index in [1.807, 2.05) is 38.1 Å². The minimum Gasteiger partial charge on any atom is -0.377 e. The summed E-state index contributed by atoms with van der Waals surface area (Å²) in [6.07, 6.45) is 3.63. The molecule has 0 amide bonds. The van der Waals surface area contributed by atoms with Gasteiger partial charge < -0.3 is 15.2 Å². The van der Waals surface area contributed by atoms with Gasteiger partial charge in [0.1, 0.15) is 0 Å². The molecule has 0 radical (unpaired) electrons. The summed E-state index contributed by atoms with van der Waals surface area (Å²) in [7, 11) is 4.10. The highest BCUT2D eigenvalue weighted by atomic mass is 15.1. The van der Waals surface area contributed by atoms with Crippen molar-refractivity contribution in [3.63, 3.8) is 0 Å². The second-order valence-electron chi connectivity index (χ2n) is 4.84. The summed E-state index contributed by atoms with van der Waals surface area (Å²) in [6.45, 7) is 4.08. The second kappa shape index (κ2) is 4.82. The lowest BCUT2D eigenvalue weighted by Gasteiger charge is -2.18. The SMILES string of the molecule is Cc1ccc(-n2cncc2[C@@H](C)N)cc1N(C)C. The highest BCUT2D eigenvalue weighted by molar-refractivity contribution is 5.58. The zero-order valence-corrected chi connectivity index (χ0v) is 11.4. The topological polar surface area (TPSA) is 47.1 Å². The van der Waals surface area contributed by atoms with Crippen molar-refractivity contribution in [2.45, 2.75) is 19.9 Å². The molecule has 0 fully saturated rings. The van der Waals surface area contributed by atoms with Crippen molar-refractivity contribution in [2.24, 2.45) is 5.73 Å². The summed E-state index contributed by atoms with van der Waals surface area (Å²) in [6, 6.07) is 6.34. The van der Waals surface area contributed by atoms with Crippen LogP contribution in [0.25, 0.3) is 5.69 Å². The van der Waals surface area contributed by atoms with Crippen molar-refractivity contribution in [2.75, 3.05) is 19.0 Å². The zero-order chi connectivity index (χ0) is 13.3. The van der Waals surface area contributed by atoms with Gasteiger partial charge in [0.15, 0.2) is 0 Å². The lowest BCUT2D eigenvalue weighted by atomic mass is 10.1. The Labute approximate surface area is 108 Å². The Kier molecular flexibility index (Phi) is 3.39. The number of imidazole rings is 1. The van der Waals surface area contributed by atoms with Gasteiger partial charge in [0.05, 0.1) is 18.2 Å². The molecule has 0 saturated carbocycles. The Bertz CT molecular complexity index is 540.